The molecule has 2 rings (SSSR count). The Balaban J connectivity index is 2.39. The summed E-state index contributed by atoms with van der Waals surface area (Å²) >= 11 is 0. The Kier molecular flexibility index (Phi) is 4.38. The highest BCUT2D eigenvalue weighted by Gasteiger charge is 2.08. The van der Waals surface area contributed by atoms with E-state index in [9.17, 15) is 9.18 Å². The van der Waals surface area contributed by atoms with E-state index in [0.717, 1.165) is 17.2 Å². The molecule has 0 bridgehead atoms. The molecule has 0 amide bonds. The fraction of sp³-hybridized carbons (Fsp3) is 0.118. The molecule has 1 N–H and O–H groups in total. The zero-order chi connectivity index (χ0) is 15.4. The molecule has 0 aliphatic carbocycles. The summed E-state index contributed by atoms with van der Waals surface area (Å²) < 4.78 is 19.1. The third-order valence-corrected chi connectivity index (χ3v) is 3.15. The zero-order valence-electron chi connectivity index (χ0n) is 11.8. The molecule has 3 nitrogen and oxygen atoms in total. The van der Waals surface area contributed by atoms with Gasteiger partial charge in [-0.15, -0.1) is 0 Å². The van der Waals surface area contributed by atoms with Gasteiger partial charge < -0.3 is 9.84 Å². The fourth-order valence-corrected chi connectivity index (χ4v) is 1.86. The van der Waals surface area contributed by atoms with Crippen LogP contribution in [0.25, 0.3) is 6.08 Å². The molecule has 0 radical (unpaired) electrons. The van der Waals surface area contributed by atoms with E-state index >= 15 is 0 Å². The van der Waals surface area contributed by atoms with E-state index in [0.29, 0.717) is 17.1 Å². The van der Waals surface area contributed by atoms with Crippen molar-refractivity contribution in [3.63, 3.8) is 0 Å². The van der Waals surface area contributed by atoms with Crippen LogP contribution in [-0.2, 0) is 4.79 Å². The van der Waals surface area contributed by atoms with Gasteiger partial charge in [-0.05, 0) is 55.3 Å². The first-order chi connectivity index (χ1) is 9.97. The predicted molar refractivity (Wildman–Crippen MR) is 79.1 cm³/mol. The van der Waals surface area contributed by atoms with Crippen LogP contribution in [-0.4, -0.2) is 11.1 Å². The second-order valence-electron chi connectivity index (χ2n) is 4.65. The number of carbonyl (C=O) groups is 1. The number of carboxylic acids is 1. The summed E-state index contributed by atoms with van der Waals surface area (Å²) in [6.07, 6.45) is 2.26. The number of hydrogen-bond acceptors (Lipinski definition) is 2. The quantitative estimate of drug-likeness (QED) is 0.851. The van der Waals surface area contributed by atoms with Crippen molar-refractivity contribution in [1.29, 1.82) is 0 Å². The summed E-state index contributed by atoms with van der Waals surface area (Å²) in [6.45, 7) is 3.90. The third kappa shape index (κ3) is 3.69. The van der Waals surface area contributed by atoms with Gasteiger partial charge in [0.15, 0.2) is 0 Å². The minimum Gasteiger partial charge on any atom is -0.478 e. The number of rotatable bonds is 4. The Hall–Kier alpha value is -2.62. The summed E-state index contributed by atoms with van der Waals surface area (Å²) in [4.78, 5) is 10.6. The normalized spacial score (nSPS) is 10.8. The van der Waals surface area contributed by atoms with Gasteiger partial charge in [-0.2, -0.15) is 0 Å². The van der Waals surface area contributed by atoms with Crippen LogP contribution in [0.5, 0.6) is 11.5 Å². The zero-order valence-corrected chi connectivity index (χ0v) is 11.8. The van der Waals surface area contributed by atoms with Crippen LogP contribution < -0.4 is 4.74 Å². The van der Waals surface area contributed by atoms with Crippen LogP contribution in [0.4, 0.5) is 4.39 Å². The fourth-order valence-electron chi connectivity index (χ4n) is 1.86. The molecule has 4 heteroatoms. The molecule has 0 aliphatic rings. The Bertz CT molecular complexity index is 705. The second kappa shape index (κ2) is 6.22. The van der Waals surface area contributed by atoms with Crippen LogP contribution >= 0.6 is 0 Å². The number of carboxylic acid groups (broad SMARTS) is 1. The highest BCUT2D eigenvalue weighted by atomic mass is 19.1. The average Bonchev–Trinajstić information content (AvgIpc) is 2.43. The van der Waals surface area contributed by atoms with Gasteiger partial charge in [0.25, 0.3) is 0 Å². The summed E-state index contributed by atoms with van der Waals surface area (Å²) in [5.74, 6) is -0.487. The maximum atomic E-state index is 13.3. The van der Waals surface area contributed by atoms with Crippen molar-refractivity contribution in [2.75, 3.05) is 0 Å². The molecule has 0 heterocycles. The first-order valence-electron chi connectivity index (χ1n) is 6.42. The van der Waals surface area contributed by atoms with Gasteiger partial charge >= 0.3 is 5.97 Å². The topological polar surface area (TPSA) is 46.5 Å². The van der Waals surface area contributed by atoms with Crippen molar-refractivity contribution in [2.24, 2.45) is 0 Å². The highest BCUT2D eigenvalue weighted by molar-refractivity contribution is 5.85. The molecule has 0 aliphatic heterocycles. The monoisotopic (exact) mass is 286 g/mol. The largest absolute Gasteiger partial charge is 0.478 e. The number of hydrogen-bond donors (Lipinski definition) is 1. The average molecular weight is 286 g/mol. The van der Waals surface area contributed by atoms with E-state index in [4.69, 9.17) is 9.84 Å². The summed E-state index contributed by atoms with van der Waals surface area (Å²) in [5.41, 5.74) is 2.44. The van der Waals surface area contributed by atoms with Gasteiger partial charge in [0.1, 0.15) is 17.3 Å². The van der Waals surface area contributed by atoms with Crippen LogP contribution in [0, 0.1) is 19.7 Å². The highest BCUT2D eigenvalue weighted by Crippen LogP contribution is 2.30. The molecule has 2 aromatic carbocycles. The minimum atomic E-state index is -1.10. The number of aliphatic carboxylic acids is 1. The van der Waals surface area contributed by atoms with Crippen LogP contribution in [0.2, 0.25) is 0 Å². The summed E-state index contributed by atoms with van der Waals surface area (Å²) in [6, 6.07) is 9.65. The van der Waals surface area contributed by atoms with E-state index < -0.39 is 11.8 Å². The lowest BCUT2D eigenvalue weighted by molar-refractivity contribution is -0.131. The molecular weight excluding hydrogens is 271 g/mol. The van der Waals surface area contributed by atoms with Crippen molar-refractivity contribution in [2.45, 2.75) is 13.8 Å². The number of ether oxygens (including phenoxy) is 1. The van der Waals surface area contributed by atoms with Crippen LogP contribution in [0.1, 0.15) is 16.7 Å². The van der Waals surface area contributed by atoms with Gasteiger partial charge in [0, 0.05) is 11.6 Å². The number of halogens is 1. The molecular formula is C17H15FO3. The third-order valence-electron chi connectivity index (χ3n) is 3.15. The van der Waals surface area contributed by atoms with Crippen LogP contribution in [0.3, 0.4) is 0 Å². The van der Waals surface area contributed by atoms with E-state index in [-0.39, 0.29) is 0 Å². The minimum absolute atomic E-state index is 0.373. The lowest BCUT2D eigenvalue weighted by atomic mass is 10.1. The van der Waals surface area contributed by atoms with Crippen LogP contribution in [0.15, 0.2) is 42.5 Å². The lowest BCUT2D eigenvalue weighted by Crippen LogP contribution is -1.93. The van der Waals surface area contributed by atoms with Crippen molar-refractivity contribution >= 4 is 12.0 Å². The molecule has 0 saturated heterocycles. The summed E-state index contributed by atoms with van der Waals surface area (Å²) in [7, 11) is 0. The van der Waals surface area contributed by atoms with Gasteiger partial charge in [-0.3, -0.25) is 0 Å². The maximum Gasteiger partial charge on any atom is 0.328 e. The van der Waals surface area contributed by atoms with Crippen molar-refractivity contribution in [3.8, 4) is 11.5 Å². The van der Waals surface area contributed by atoms with Crippen molar-refractivity contribution < 1.29 is 19.0 Å². The molecule has 0 saturated carbocycles. The molecule has 108 valence electrons. The first kappa shape index (κ1) is 14.8. The number of aryl methyl sites for hydroxylation is 1. The smallest absolute Gasteiger partial charge is 0.328 e. The standard InChI is InChI=1S/C17H15FO3/c1-11-4-3-5-15(12(11)2)21-16-8-7-14(18)10-13(16)6-9-17(19)20/h3-10H,1-2H3,(H,19,20). The van der Waals surface area contributed by atoms with Gasteiger partial charge in [0.2, 0.25) is 0 Å². The molecule has 21 heavy (non-hydrogen) atoms. The lowest BCUT2D eigenvalue weighted by Gasteiger charge is -2.12. The SMILES string of the molecule is Cc1cccc(Oc2ccc(F)cc2C=CC(=O)O)c1C. The van der Waals surface area contributed by atoms with Gasteiger partial charge in [-0.25, -0.2) is 9.18 Å². The molecule has 0 aromatic heterocycles. The molecule has 2 aromatic rings. The van der Waals surface area contributed by atoms with E-state index in [1.165, 1.54) is 24.3 Å². The van der Waals surface area contributed by atoms with Crippen molar-refractivity contribution in [3.05, 3.63) is 65.0 Å². The summed E-state index contributed by atoms with van der Waals surface area (Å²) in [5, 5.41) is 8.68. The van der Waals surface area contributed by atoms with Crippen molar-refractivity contribution in [1.82, 2.24) is 0 Å². The molecule has 0 unspecified atom stereocenters. The van der Waals surface area contributed by atoms with E-state index in [1.807, 2.05) is 32.0 Å². The first-order valence-corrected chi connectivity index (χ1v) is 6.42. The number of benzene rings is 2. The van der Waals surface area contributed by atoms with Gasteiger partial charge in [-0.1, -0.05) is 12.1 Å². The Morgan fingerprint density at radius 3 is 2.67 bits per heavy atom. The Morgan fingerprint density at radius 2 is 1.95 bits per heavy atom. The second-order valence-corrected chi connectivity index (χ2v) is 4.65. The predicted octanol–water partition coefficient (Wildman–Crippen LogP) is 4.33. The maximum absolute atomic E-state index is 13.3. The Labute approximate surface area is 122 Å². The molecule has 0 fully saturated rings. The van der Waals surface area contributed by atoms with Gasteiger partial charge in [0.05, 0.1) is 0 Å². The molecule has 0 spiro atoms. The van der Waals surface area contributed by atoms with E-state index in [1.54, 1.807) is 0 Å². The molecule has 0 atom stereocenters. The Morgan fingerprint density at radius 1 is 1.19 bits per heavy atom. The van der Waals surface area contributed by atoms with E-state index in [2.05, 4.69) is 0 Å².